The van der Waals surface area contributed by atoms with E-state index in [9.17, 15) is 19.2 Å². The molecule has 0 N–H and O–H groups in total. The minimum Gasteiger partial charge on any atom is -0.269 e. The molecule has 0 saturated carbocycles. The number of rotatable bonds is 4. The number of imide groups is 2. The van der Waals surface area contributed by atoms with Gasteiger partial charge in [-0.2, -0.15) is 0 Å². The van der Waals surface area contributed by atoms with Crippen LogP contribution in [-0.2, 0) is 25.6 Å². The number of allylic oxidation sites excluding steroid dienone is 4. The van der Waals surface area contributed by atoms with Gasteiger partial charge in [-0.05, 0) is 43.0 Å². The highest BCUT2D eigenvalue weighted by Gasteiger charge is 2.28. The van der Waals surface area contributed by atoms with Gasteiger partial charge in [-0.1, -0.05) is 23.8 Å². The quantitative estimate of drug-likeness (QED) is 0.772. The fraction of sp³-hybridized carbons (Fsp3) is 0.143. The Labute approximate surface area is 155 Å². The number of hydrogen-bond acceptors (Lipinski definition) is 4. The molecule has 134 valence electrons. The van der Waals surface area contributed by atoms with Crippen molar-refractivity contribution < 1.29 is 19.2 Å². The van der Waals surface area contributed by atoms with Gasteiger partial charge in [-0.15, -0.1) is 0 Å². The van der Waals surface area contributed by atoms with Crippen molar-refractivity contribution in [3.05, 3.63) is 77.6 Å². The summed E-state index contributed by atoms with van der Waals surface area (Å²) in [6.07, 6.45) is 11.0. The van der Waals surface area contributed by atoms with E-state index in [1.165, 1.54) is 34.8 Å². The van der Waals surface area contributed by atoms with Crippen molar-refractivity contribution in [1.82, 2.24) is 4.90 Å². The van der Waals surface area contributed by atoms with Crippen LogP contribution in [0, 0.1) is 0 Å². The van der Waals surface area contributed by atoms with E-state index in [1.807, 2.05) is 24.3 Å². The molecule has 0 spiro atoms. The number of benzene rings is 1. The number of amides is 4. The Balaban J connectivity index is 1.44. The zero-order valence-electron chi connectivity index (χ0n) is 14.4. The summed E-state index contributed by atoms with van der Waals surface area (Å²) < 4.78 is 0. The summed E-state index contributed by atoms with van der Waals surface area (Å²) in [6, 6.07) is 7.31. The highest BCUT2D eigenvalue weighted by atomic mass is 16.2. The topological polar surface area (TPSA) is 74.8 Å². The molecule has 3 aliphatic rings. The second kappa shape index (κ2) is 6.64. The first-order valence-electron chi connectivity index (χ1n) is 8.63. The Kier molecular flexibility index (Phi) is 4.16. The predicted molar refractivity (Wildman–Crippen MR) is 98.2 cm³/mol. The van der Waals surface area contributed by atoms with Crippen LogP contribution >= 0.6 is 0 Å². The lowest BCUT2D eigenvalue weighted by Gasteiger charge is -2.21. The Bertz CT molecular complexity index is 944. The number of hydrogen-bond donors (Lipinski definition) is 0. The van der Waals surface area contributed by atoms with E-state index < -0.39 is 0 Å². The van der Waals surface area contributed by atoms with Crippen LogP contribution in [0.25, 0.3) is 0 Å². The molecule has 6 heteroatoms. The highest BCUT2D eigenvalue weighted by molar-refractivity contribution is 6.28. The van der Waals surface area contributed by atoms with Gasteiger partial charge in [-0.3, -0.25) is 19.2 Å². The van der Waals surface area contributed by atoms with Crippen molar-refractivity contribution in [3.63, 3.8) is 0 Å². The second-order valence-electron chi connectivity index (χ2n) is 6.52. The number of anilines is 1. The van der Waals surface area contributed by atoms with Gasteiger partial charge in [0.15, 0.2) is 0 Å². The zero-order chi connectivity index (χ0) is 19.0. The summed E-state index contributed by atoms with van der Waals surface area (Å²) in [5, 5.41) is 0. The van der Waals surface area contributed by atoms with E-state index >= 15 is 0 Å². The van der Waals surface area contributed by atoms with Crippen molar-refractivity contribution in [2.75, 3.05) is 4.90 Å². The Morgan fingerprint density at radius 3 is 1.74 bits per heavy atom. The van der Waals surface area contributed by atoms with Gasteiger partial charge in [0.1, 0.15) is 0 Å². The van der Waals surface area contributed by atoms with Crippen molar-refractivity contribution >= 4 is 29.3 Å². The van der Waals surface area contributed by atoms with E-state index in [-0.39, 0.29) is 23.6 Å². The molecule has 0 atom stereocenters. The summed E-state index contributed by atoms with van der Waals surface area (Å²) in [4.78, 5) is 49.3. The van der Waals surface area contributed by atoms with Crippen molar-refractivity contribution in [3.8, 4) is 0 Å². The molecule has 1 aromatic rings. The van der Waals surface area contributed by atoms with Crippen molar-refractivity contribution in [2.24, 2.45) is 0 Å². The summed E-state index contributed by atoms with van der Waals surface area (Å²) in [7, 11) is 0. The van der Waals surface area contributed by atoms with Gasteiger partial charge >= 0.3 is 0 Å². The van der Waals surface area contributed by atoms with E-state index in [0.717, 1.165) is 23.3 Å². The van der Waals surface area contributed by atoms with Crippen LogP contribution in [0.4, 0.5) is 5.69 Å². The maximum absolute atomic E-state index is 11.7. The average molecular weight is 360 g/mol. The molecule has 6 nitrogen and oxygen atoms in total. The Morgan fingerprint density at radius 1 is 0.667 bits per heavy atom. The number of nitrogens with zero attached hydrogens (tertiary/aromatic N) is 2. The molecule has 4 amide bonds. The molecule has 2 aliphatic heterocycles. The normalized spacial score (nSPS) is 19.3. The second-order valence-corrected chi connectivity index (χ2v) is 6.52. The SMILES string of the molecule is O=C1C=CC(=O)N1C1=CC=C(Cc2ccc(N3C(=O)C=CC3=O)cc2)CC1. The molecule has 2 heterocycles. The van der Waals surface area contributed by atoms with E-state index in [1.54, 1.807) is 12.1 Å². The van der Waals surface area contributed by atoms with Crippen LogP contribution in [-0.4, -0.2) is 28.5 Å². The minimum absolute atomic E-state index is 0.292. The summed E-state index contributed by atoms with van der Waals surface area (Å²) in [5.74, 6) is -1.25. The van der Waals surface area contributed by atoms with Gasteiger partial charge in [0.25, 0.3) is 23.6 Å². The molecule has 27 heavy (non-hydrogen) atoms. The standard InChI is InChI=1S/C21H16N2O4/c24-18-9-10-19(25)22(18)16-5-1-14(2-6-16)13-15-3-7-17(8-4-15)23-20(26)11-12-21(23)27/h1-3,5-7,9-12H,4,8,13H2. The van der Waals surface area contributed by atoms with Gasteiger partial charge in [0.2, 0.25) is 0 Å². The molecule has 4 rings (SSSR count). The van der Waals surface area contributed by atoms with Crippen LogP contribution in [0.5, 0.6) is 0 Å². The third-order valence-corrected chi connectivity index (χ3v) is 4.75. The van der Waals surface area contributed by atoms with Crippen molar-refractivity contribution in [1.29, 1.82) is 0 Å². The van der Waals surface area contributed by atoms with Gasteiger partial charge in [-0.25, -0.2) is 9.80 Å². The first-order valence-corrected chi connectivity index (χ1v) is 8.63. The van der Waals surface area contributed by atoms with Crippen LogP contribution in [0.2, 0.25) is 0 Å². The van der Waals surface area contributed by atoms with Gasteiger partial charge in [0, 0.05) is 30.0 Å². The molecule has 0 unspecified atom stereocenters. The lowest BCUT2D eigenvalue weighted by molar-refractivity contribution is -0.134. The predicted octanol–water partition coefficient (Wildman–Crippen LogP) is 2.19. The van der Waals surface area contributed by atoms with Crippen LogP contribution in [0.15, 0.2) is 72.0 Å². The summed E-state index contributed by atoms with van der Waals surface area (Å²) >= 11 is 0. The third kappa shape index (κ3) is 3.17. The van der Waals surface area contributed by atoms with Crippen LogP contribution in [0.1, 0.15) is 18.4 Å². The largest absolute Gasteiger partial charge is 0.269 e. The third-order valence-electron chi connectivity index (χ3n) is 4.75. The lowest BCUT2D eigenvalue weighted by atomic mass is 9.95. The molecule has 1 aliphatic carbocycles. The zero-order valence-corrected chi connectivity index (χ0v) is 14.4. The Hall–Kier alpha value is -3.54. The molecule has 1 aromatic carbocycles. The lowest BCUT2D eigenvalue weighted by Crippen LogP contribution is -2.29. The molecular formula is C21H16N2O4. The molecule has 0 fully saturated rings. The molecule has 0 radical (unpaired) electrons. The highest BCUT2D eigenvalue weighted by Crippen LogP contribution is 2.27. The maximum atomic E-state index is 11.7. The minimum atomic E-state index is -0.332. The first-order chi connectivity index (χ1) is 13.0. The van der Waals surface area contributed by atoms with E-state index in [2.05, 4.69) is 0 Å². The average Bonchev–Trinajstić information content (AvgIpc) is 3.18. The maximum Gasteiger partial charge on any atom is 0.258 e. The molecular weight excluding hydrogens is 344 g/mol. The fourth-order valence-electron chi connectivity index (χ4n) is 3.37. The summed E-state index contributed by atoms with van der Waals surface area (Å²) in [6.45, 7) is 0. The first kappa shape index (κ1) is 16.9. The van der Waals surface area contributed by atoms with E-state index in [0.29, 0.717) is 17.8 Å². The molecule has 0 bridgehead atoms. The monoisotopic (exact) mass is 360 g/mol. The number of carbonyl (C=O) groups is 4. The summed E-state index contributed by atoms with van der Waals surface area (Å²) in [5.41, 5.74) is 3.52. The fourth-order valence-corrected chi connectivity index (χ4v) is 3.37. The Morgan fingerprint density at radius 2 is 1.22 bits per heavy atom. The van der Waals surface area contributed by atoms with Crippen LogP contribution < -0.4 is 4.90 Å². The number of carbonyl (C=O) groups excluding carboxylic acids is 4. The molecule has 0 aromatic heterocycles. The smallest absolute Gasteiger partial charge is 0.258 e. The van der Waals surface area contributed by atoms with Crippen molar-refractivity contribution in [2.45, 2.75) is 19.3 Å². The van der Waals surface area contributed by atoms with Gasteiger partial charge in [0.05, 0.1) is 5.69 Å². The van der Waals surface area contributed by atoms with Gasteiger partial charge < -0.3 is 0 Å². The van der Waals surface area contributed by atoms with Crippen LogP contribution in [0.3, 0.4) is 0 Å². The molecule has 0 saturated heterocycles. The van der Waals surface area contributed by atoms with E-state index in [4.69, 9.17) is 0 Å².